The molecule has 1 amide bonds. The molecule has 1 N–H and O–H groups in total. The van der Waals surface area contributed by atoms with Gasteiger partial charge >= 0.3 is 0 Å². The highest BCUT2D eigenvalue weighted by atomic mass is 32.1. The Morgan fingerprint density at radius 2 is 2.00 bits per heavy atom. The third-order valence-electron chi connectivity index (χ3n) is 2.82. The van der Waals surface area contributed by atoms with Gasteiger partial charge in [-0.1, -0.05) is 24.3 Å². The van der Waals surface area contributed by atoms with Crippen LogP contribution in [0.15, 0.2) is 47.9 Å². The smallest absolute Gasteiger partial charge is 0.257 e. The van der Waals surface area contributed by atoms with E-state index in [0.29, 0.717) is 12.3 Å². The van der Waals surface area contributed by atoms with Crippen LogP contribution in [0.2, 0.25) is 0 Å². The fourth-order valence-electron chi connectivity index (χ4n) is 1.75. The van der Waals surface area contributed by atoms with E-state index in [4.69, 9.17) is 4.74 Å². The lowest BCUT2D eigenvalue weighted by atomic mass is 10.2. The Kier molecular flexibility index (Phi) is 5.91. The maximum atomic E-state index is 11.8. The number of hydrogen-bond donors (Lipinski definition) is 1. The topological polar surface area (TPSA) is 55.4 Å². The molecule has 22 heavy (non-hydrogen) atoms. The predicted molar refractivity (Wildman–Crippen MR) is 88.3 cm³/mol. The van der Waals surface area contributed by atoms with Crippen LogP contribution in [0.4, 0.5) is 0 Å². The summed E-state index contributed by atoms with van der Waals surface area (Å²) in [6.45, 7) is 2.45. The molecule has 0 aliphatic rings. The lowest BCUT2D eigenvalue weighted by Crippen LogP contribution is -2.28. The minimum Gasteiger partial charge on any atom is -0.484 e. The predicted octanol–water partition coefficient (Wildman–Crippen LogP) is 3.16. The summed E-state index contributed by atoms with van der Waals surface area (Å²) in [5.41, 5.74) is 0.898. The molecule has 0 aliphatic heterocycles. The molecule has 4 nitrogen and oxygen atoms in total. The van der Waals surface area contributed by atoms with E-state index in [2.05, 4.69) is 5.32 Å². The van der Waals surface area contributed by atoms with Crippen molar-refractivity contribution >= 4 is 29.1 Å². The molecule has 2 rings (SSSR count). The molecular weight excluding hydrogens is 298 g/mol. The van der Waals surface area contributed by atoms with Crippen molar-refractivity contribution in [3.8, 4) is 5.75 Å². The molecular formula is C17H17NO3S. The van der Waals surface area contributed by atoms with E-state index in [0.717, 1.165) is 10.4 Å². The molecule has 0 atom stereocenters. The van der Waals surface area contributed by atoms with Gasteiger partial charge in [-0.15, -0.1) is 11.3 Å². The van der Waals surface area contributed by atoms with E-state index in [1.165, 1.54) is 11.3 Å². The van der Waals surface area contributed by atoms with Crippen molar-refractivity contribution in [2.24, 2.45) is 0 Å². The summed E-state index contributed by atoms with van der Waals surface area (Å²) in [6.07, 6.45) is 3.31. The standard InChI is InChI=1S/C17H17NO3S/c1-2-18-17(20)12-21-14-8-5-13(6-9-14)7-10-15(19)16-4-3-11-22-16/h3-11H,2,12H2,1H3,(H,18,20). The molecule has 5 heteroatoms. The van der Waals surface area contributed by atoms with Crippen LogP contribution in [0.3, 0.4) is 0 Å². The summed E-state index contributed by atoms with van der Waals surface area (Å²) in [6, 6.07) is 10.9. The van der Waals surface area contributed by atoms with Crippen LogP contribution < -0.4 is 10.1 Å². The maximum absolute atomic E-state index is 11.8. The van der Waals surface area contributed by atoms with Gasteiger partial charge in [0.15, 0.2) is 12.4 Å². The van der Waals surface area contributed by atoms with Crippen molar-refractivity contribution in [3.05, 3.63) is 58.3 Å². The van der Waals surface area contributed by atoms with Gasteiger partial charge in [-0.05, 0) is 42.1 Å². The molecule has 1 heterocycles. The molecule has 1 aromatic carbocycles. The van der Waals surface area contributed by atoms with Crippen LogP contribution in [0.1, 0.15) is 22.2 Å². The Morgan fingerprint density at radius 3 is 2.64 bits per heavy atom. The summed E-state index contributed by atoms with van der Waals surface area (Å²) < 4.78 is 5.36. The van der Waals surface area contributed by atoms with E-state index < -0.39 is 0 Å². The SMILES string of the molecule is CCNC(=O)COc1ccc(C=CC(=O)c2cccs2)cc1. The molecule has 0 radical (unpaired) electrons. The Morgan fingerprint density at radius 1 is 1.23 bits per heavy atom. The number of hydrogen-bond acceptors (Lipinski definition) is 4. The highest BCUT2D eigenvalue weighted by molar-refractivity contribution is 7.12. The van der Waals surface area contributed by atoms with Crippen molar-refractivity contribution in [1.82, 2.24) is 5.32 Å². The molecule has 0 spiro atoms. The normalized spacial score (nSPS) is 10.6. The zero-order valence-electron chi connectivity index (χ0n) is 12.2. The first kappa shape index (κ1) is 16.0. The fraction of sp³-hybridized carbons (Fsp3) is 0.176. The number of amides is 1. The monoisotopic (exact) mass is 315 g/mol. The molecule has 0 bridgehead atoms. The van der Waals surface area contributed by atoms with E-state index in [1.807, 2.05) is 30.5 Å². The second kappa shape index (κ2) is 8.14. The van der Waals surface area contributed by atoms with Crippen LogP contribution >= 0.6 is 11.3 Å². The second-order valence-electron chi connectivity index (χ2n) is 4.49. The van der Waals surface area contributed by atoms with Gasteiger partial charge in [0, 0.05) is 6.54 Å². The van der Waals surface area contributed by atoms with Crippen LogP contribution in [0.5, 0.6) is 5.75 Å². The number of ether oxygens (including phenoxy) is 1. The number of carbonyl (C=O) groups is 2. The summed E-state index contributed by atoms with van der Waals surface area (Å²) in [5, 5.41) is 4.54. The Bertz CT molecular complexity index is 645. The number of nitrogens with one attached hydrogen (secondary N) is 1. The van der Waals surface area contributed by atoms with Crippen molar-refractivity contribution in [2.75, 3.05) is 13.2 Å². The highest BCUT2D eigenvalue weighted by Gasteiger charge is 2.02. The van der Waals surface area contributed by atoms with Crippen molar-refractivity contribution in [1.29, 1.82) is 0 Å². The van der Waals surface area contributed by atoms with Crippen molar-refractivity contribution < 1.29 is 14.3 Å². The number of benzene rings is 1. The van der Waals surface area contributed by atoms with Crippen molar-refractivity contribution in [3.63, 3.8) is 0 Å². The molecule has 0 fully saturated rings. The van der Waals surface area contributed by atoms with Gasteiger partial charge in [0.05, 0.1) is 4.88 Å². The first-order valence-corrected chi connectivity index (χ1v) is 7.82. The van der Waals surface area contributed by atoms with Crippen molar-refractivity contribution in [2.45, 2.75) is 6.92 Å². The Balaban J connectivity index is 1.89. The quantitative estimate of drug-likeness (QED) is 0.631. The summed E-state index contributed by atoms with van der Waals surface area (Å²) in [7, 11) is 0. The summed E-state index contributed by atoms with van der Waals surface area (Å²) in [5.74, 6) is 0.465. The van der Waals surface area contributed by atoms with E-state index in [-0.39, 0.29) is 18.3 Å². The van der Waals surface area contributed by atoms with Crippen LogP contribution in [0, 0.1) is 0 Å². The Labute approximate surface area is 133 Å². The number of likely N-dealkylation sites (N-methyl/N-ethyl adjacent to an activating group) is 1. The summed E-state index contributed by atoms with van der Waals surface area (Å²) >= 11 is 1.42. The number of ketones is 1. The molecule has 1 aromatic heterocycles. The highest BCUT2D eigenvalue weighted by Crippen LogP contribution is 2.14. The third kappa shape index (κ3) is 4.86. The maximum Gasteiger partial charge on any atom is 0.257 e. The average Bonchev–Trinajstić information content (AvgIpc) is 3.06. The largest absolute Gasteiger partial charge is 0.484 e. The van der Waals surface area contributed by atoms with Gasteiger partial charge < -0.3 is 10.1 Å². The minimum absolute atomic E-state index is 0.000109. The molecule has 114 valence electrons. The van der Waals surface area contributed by atoms with Gasteiger partial charge in [-0.3, -0.25) is 9.59 Å². The number of carbonyl (C=O) groups excluding carboxylic acids is 2. The minimum atomic E-state index is -0.145. The fourth-order valence-corrected chi connectivity index (χ4v) is 2.39. The van der Waals surface area contributed by atoms with Gasteiger partial charge in [0.25, 0.3) is 5.91 Å². The molecule has 2 aromatic rings. The van der Waals surface area contributed by atoms with Crippen LogP contribution in [-0.4, -0.2) is 24.8 Å². The first-order chi connectivity index (χ1) is 10.7. The van der Waals surface area contributed by atoms with Crippen LogP contribution in [-0.2, 0) is 4.79 Å². The van der Waals surface area contributed by atoms with Gasteiger partial charge in [0.2, 0.25) is 0 Å². The second-order valence-corrected chi connectivity index (χ2v) is 5.43. The zero-order valence-corrected chi connectivity index (χ0v) is 13.1. The van der Waals surface area contributed by atoms with E-state index >= 15 is 0 Å². The lowest BCUT2D eigenvalue weighted by molar-refractivity contribution is -0.122. The number of thiophene rings is 1. The van der Waals surface area contributed by atoms with Gasteiger partial charge in [0.1, 0.15) is 5.75 Å². The van der Waals surface area contributed by atoms with Crippen LogP contribution in [0.25, 0.3) is 6.08 Å². The number of rotatable bonds is 7. The third-order valence-corrected chi connectivity index (χ3v) is 3.70. The molecule has 0 unspecified atom stereocenters. The van der Waals surface area contributed by atoms with Gasteiger partial charge in [-0.25, -0.2) is 0 Å². The zero-order chi connectivity index (χ0) is 15.8. The Hall–Kier alpha value is -2.40. The molecule has 0 saturated carbocycles. The average molecular weight is 315 g/mol. The lowest BCUT2D eigenvalue weighted by Gasteiger charge is -2.06. The molecule has 0 aliphatic carbocycles. The van der Waals surface area contributed by atoms with E-state index in [1.54, 1.807) is 30.4 Å². The van der Waals surface area contributed by atoms with Gasteiger partial charge in [-0.2, -0.15) is 0 Å². The van der Waals surface area contributed by atoms with E-state index in [9.17, 15) is 9.59 Å². The summed E-state index contributed by atoms with van der Waals surface area (Å²) in [4.78, 5) is 23.8. The molecule has 0 saturated heterocycles. The first-order valence-electron chi connectivity index (χ1n) is 6.94. The number of allylic oxidation sites excluding steroid dienone is 1.